The molecule has 0 saturated carbocycles. The lowest BCUT2D eigenvalue weighted by atomic mass is 10.2. The van der Waals surface area contributed by atoms with Gasteiger partial charge in [0.15, 0.2) is 5.96 Å². The van der Waals surface area contributed by atoms with Crippen molar-refractivity contribution in [1.29, 1.82) is 0 Å². The van der Waals surface area contributed by atoms with E-state index in [4.69, 9.17) is 5.73 Å². The number of hydrogen-bond donors (Lipinski definition) is 2. The van der Waals surface area contributed by atoms with Crippen LogP contribution in [0, 0.1) is 6.92 Å². The third-order valence-corrected chi connectivity index (χ3v) is 5.69. The summed E-state index contributed by atoms with van der Waals surface area (Å²) in [7, 11) is 0. The van der Waals surface area contributed by atoms with Gasteiger partial charge in [-0.3, -0.25) is 0 Å². The van der Waals surface area contributed by atoms with Crippen LogP contribution in [0.2, 0.25) is 0 Å². The Morgan fingerprint density at radius 1 is 1.21 bits per heavy atom. The summed E-state index contributed by atoms with van der Waals surface area (Å²) >= 11 is 3.44. The maximum atomic E-state index is 5.96. The van der Waals surface area contributed by atoms with Gasteiger partial charge >= 0.3 is 0 Å². The lowest BCUT2D eigenvalue weighted by molar-refractivity contribution is 0.857. The van der Waals surface area contributed by atoms with Gasteiger partial charge in [-0.05, 0) is 24.8 Å². The molecule has 0 aliphatic heterocycles. The van der Waals surface area contributed by atoms with Gasteiger partial charge in [0.05, 0.1) is 12.2 Å². The highest BCUT2D eigenvalue weighted by molar-refractivity contribution is 7.15. The molecule has 6 heteroatoms. The van der Waals surface area contributed by atoms with Gasteiger partial charge in [-0.1, -0.05) is 36.4 Å². The standard InChI is InChI=1S/C18H20N4S2/c1-13-16(24-17(22-13)14-6-3-2-4-7-14)12-21-18(19)20-10-9-15-8-5-11-23-15/h2-8,11H,9-10,12H2,1H3,(H3,19,20,21). The van der Waals surface area contributed by atoms with E-state index in [0.717, 1.165) is 34.1 Å². The molecule has 2 heterocycles. The number of aliphatic imine (C=N–C) groups is 1. The van der Waals surface area contributed by atoms with Crippen molar-refractivity contribution in [3.05, 3.63) is 63.3 Å². The summed E-state index contributed by atoms with van der Waals surface area (Å²) in [6, 6.07) is 14.4. The zero-order valence-electron chi connectivity index (χ0n) is 13.5. The molecule has 24 heavy (non-hydrogen) atoms. The van der Waals surface area contributed by atoms with Gasteiger partial charge in [0.1, 0.15) is 5.01 Å². The van der Waals surface area contributed by atoms with E-state index in [9.17, 15) is 0 Å². The van der Waals surface area contributed by atoms with Gasteiger partial charge in [0.25, 0.3) is 0 Å². The zero-order valence-corrected chi connectivity index (χ0v) is 15.2. The molecule has 3 N–H and O–H groups in total. The van der Waals surface area contributed by atoms with Crippen LogP contribution < -0.4 is 11.1 Å². The fraction of sp³-hybridized carbons (Fsp3) is 0.222. The van der Waals surface area contributed by atoms with Crippen molar-refractivity contribution in [1.82, 2.24) is 10.3 Å². The Hall–Kier alpha value is -2.18. The van der Waals surface area contributed by atoms with Crippen LogP contribution in [0.25, 0.3) is 10.6 Å². The molecule has 1 aromatic carbocycles. The number of nitrogens with two attached hydrogens (primary N) is 1. The van der Waals surface area contributed by atoms with Gasteiger partial charge in [-0.25, -0.2) is 9.98 Å². The molecule has 0 atom stereocenters. The van der Waals surface area contributed by atoms with E-state index < -0.39 is 0 Å². The van der Waals surface area contributed by atoms with Gasteiger partial charge in [0, 0.05) is 21.9 Å². The molecule has 0 amide bonds. The van der Waals surface area contributed by atoms with Gasteiger partial charge in [-0.15, -0.1) is 22.7 Å². The molecule has 0 bridgehead atoms. The van der Waals surface area contributed by atoms with Crippen LogP contribution in [0.4, 0.5) is 0 Å². The Kier molecular flexibility index (Phi) is 5.61. The first-order valence-corrected chi connectivity index (χ1v) is 9.50. The SMILES string of the molecule is Cc1nc(-c2ccccc2)sc1CN=C(N)NCCc1cccs1. The van der Waals surface area contributed by atoms with Crippen molar-refractivity contribution < 1.29 is 0 Å². The van der Waals surface area contributed by atoms with Crippen molar-refractivity contribution in [3.63, 3.8) is 0 Å². The van der Waals surface area contributed by atoms with Crippen LogP contribution in [-0.2, 0) is 13.0 Å². The first-order valence-electron chi connectivity index (χ1n) is 7.80. The molecule has 0 spiro atoms. The molecular formula is C18H20N4S2. The van der Waals surface area contributed by atoms with Crippen molar-refractivity contribution in [3.8, 4) is 10.6 Å². The lowest BCUT2D eigenvalue weighted by Gasteiger charge is -2.04. The van der Waals surface area contributed by atoms with Crippen molar-refractivity contribution >= 4 is 28.6 Å². The van der Waals surface area contributed by atoms with E-state index in [1.54, 1.807) is 22.7 Å². The topological polar surface area (TPSA) is 63.3 Å². The van der Waals surface area contributed by atoms with Crippen LogP contribution in [0.5, 0.6) is 0 Å². The van der Waals surface area contributed by atoms with Crippen molar-refractivity contribution in [2.75, 3.05) is 6.54 Å². The van der Waals surface area contributed by atoms with Crippen LogP contribution in [-0.4, -0.2) is 17.5 Å². The van der Waals surface area contributed by atoms with Gasteiger partial charge in [-0.2, -0.15) is 0 Å². The zero-order chi connectivity index (χ0) is 16.8. The maximum Gasteiger partial charge on any atom is 0.188 e. The second kappa shape index (κ2) is 8.08. The number of guanidine groups is 1. The Morgan fingerprint density at radius 2 is 2.04 bits per heavy atom. The van der Waals surface area contributed by atoms with Crippen LogP contribution in [0.1, 0.15) is 15.4 Å². The van der Waals surface area contributed by atoms with Crippen LogP contribution in [0.15, 0.2) is 52.8 Å². The number of nitrogens with one attached hydrogen (secondary N) is 1. The average molecular weight is 357 g/mol. The van der Waals surface area contributed by atoms with Gasteiger partial charge in [0.2, 0.25) is 0 Å². The third-order valence-electron chi connectivity index (χ3n) is 3.56. The quantitative estimate of drug-likeness (QED) is 0.521. The number of thiophene rings is 1. The predicted molar refractivity (Wildman–Crippen MR) is 104 cm³/mol. The molecule has 0 aliphatic rings. The summed E-state index contributed by atoms with van der Waals surface area (Å²) in [4.78, 5) is 11.6. The van der Waals surface area contributed by atoms with Crippen molar-refractivity contribution in [2.45, 2.75) is 19.9 Å². The monoisotopic (exact) mass is 356 g/mol. The van der Waals surface area contributed by atoms with E-state index in [1.165, 1.54) is 4.88 Å². The normalized spacial score (nSPS) is 11.6. The molecule has 0 radical (unpaired) electrons. The summed E-state index contributed by atoms with van der Waals surface area (Å²) in [5, 5.41) is 6.28. The highest BCUT2D eigenvalue weighted by atomic mass is 32.1. The molecule has 4 nitrogen and oxygen atoms in total. The van der Waals surface area contributed by atoms with Crippen LogP contribution >= 0.6 is 22.7 Å². The molecule has 2 aromatic heterocycles. The second-order valence-corrected chi connectivity index (χ2v) is 7.47. The minimum Gasteiger partial charge on any atom is -0.370 e. The number of rotatable bonds is 6. The Morgan fingerprint density at radius 3 is 2.79 bits per heavy atom. The number of benzene rings is 1. The molecule has 3 aromatic rings. The molecule has 0 fully saturated rings. The fourth-order valence-electron chi connectivity index (χ4n) is 2.26. The van der Waals surface area contributed by atoms with Crippen LogP contribution in [0.3, 0.4) is 0 Å². The van der Waals surface area contributed by atoms with Gasteiger partial charge < -0.3 is 11.1 Å². The molecule has 3 rings (SSSR count). The molecule has 0 unspecified atom stereocenters. The fourth-order valence-corrected chi connectivity index (χ4v) is 3.96. The molecular weight excluding hydrogens is 336 g/mol. The number of aromatic nitrogens is 1. The Bertz CT molecular complexity index is 792. The summed E-state index contributed by atoms with van der Waals surface area (Å²) < 4.78 is 0. The predicted octanol–water partition coefficient (Wildman–Crippen LogP) is 3.83. The molecule has 0 saturated heterocycles. The number of nitrogens with zero attached hydrogens (tertiary/aromatic N) is 2. The minimum atomic E-state index is 0.487. The number of aryl methyl sites for hydroxylation is 1. The molecule has 124 valence electrons. The van der Waals surface area contributed by atoms with E-state index in [-0.39, 0.29) is 0 Å². The Labute approximate surface area is 150 Å². The summed E-state index contributed by atoms with van der Waals surface area (Å²) in [6.07, 6.45) is 0.964. The lowest BCUT2D eigenvalue weighted by Crippen LogP contribution is -2.33. The van der Waals surface area contributed by atoms with E-state index in [1.807, 2.05) is 25.1 Å². The first kappa shape index (κ1) is 16.7. The van der Waals surface area contributed by atoms with E-state index in [0.29, 0.717) is 12.5 Å². The second-order valence-electron chi connectivity index (χ2n) is 5.35. The first-order chi connectivity index (χ1) is 11.7. The molecule has 0 aliphatic carbocycles. The summed E-state index contributed by atoms with van der Waals surface area (Å²) in [6.45, 7) is 3.38. The summed E-state index contributed by atoms with van der Waals surface area (Å²) in [5.41, 5.74) is 8.12. The summed E-state index contributed by atoms with van der Waals surface area (Å²) in [5.74, 6) is 0.487. The smallest absolute Gasteiger partial charge is 0.188 e. The van der Waals surface area contributed by atoms with Crippen molar-refractivity contribution in [2.24, 2.45) is 10.7 Å². The minimum absolute atomic E-state index is 0.487. The highest BCUT2D eigenvalue weighted by Crippen LogP contribution is 2.28. The number of thiazole rings is 1. The maximum absolute atomic E-state index is 5.96. The highest BCUT2D eigenvalue weighted by Gasteiger charge is 2.08. The number of hydrogen-bond acceptors (Lipinski definition) is 4. The Balaban J connectivity index is 1.56. The van der Waals surface area contributed by atoms with E-state index in [2.05, 4.69) is 44.9 Å². The third kappa shape index (κ3) is 4.43. The average Bonchev–Trinajstić information content (AvgIpc) is 3.24. The largest absolute Gasteiger partial charge is 0.370 e. The van der Waals surface area contributed by atoms with E-state index >= 15 is 0 Å².